The minimum Gasteiger partial charge on any atom is -0.504 e. The van der Waals surface area contributed by atoms with E-state index in [1.54, 1.807) is 10.6 Å². The number of hydrogen-bond donors (Lipinski definition) is 2. The molecule has 8 nitrogen and oxygen atoms in total. The average Bonchev–Trinajstić information content (AvgIpc) is 3.13. The van der Waals surface area contributed by atoms with Crippen LogP contribution in [0.4, 0.5) is 0 Å². The van der Waals surface area contributed by atoms with Crippen LogP contribution in [0.3, 0.4) is 0 Å². The van der Waals surface area contributed by atoms with Gasteiger partial charge in [-0.1, -0.05) is 63.2 Å². The van der Waals surface area contributed by atoms with Crippen molar-refractivity contribution >= 4 is 22.8 Å². The van der Waals surface area contributed by atoms with Crippen LogP contribution < -0.4 is 10.4 Å². The van der Waals surface area contributed by atoms with Gasteiger partial charge in [0.2, 0.25) is 5.62 Å². The first-order valence-corrected chi connectivity index (χ1v) is 12.0. The second-order valence-electron chi connectivity index (χ2n) is 9.88. The molecular formula is C29H31N3O5. The van der Waals surface area contributed by atoms with Crippen LogP contribution in [0.1, 0.15) is 42.3 Å². The average molecular weight is 502 g/mol. The minimum atomic E-state index is -0.603. The standard InChI is InChI=1S/C29H31N3O5/c1-29(2,3)21-14-20(15-25(27(21)35)37-18-26(34)36-4)24(33)17-32-23-13-9-8-12-22(23)31(28(32)30)16-19-10-6-5-7-11-19/h5-15,30,35H,16-18H2,1-4H3. The van der Waals surface area contributed by atoms with Crippen molar-refractivity contribution in [3.63, 3.8) is 0 Å². The molecule has 0 aliphatic rings. The summed E-state index contributed by atoms with van der Waals surface area (Å²) in [6.45, 7) is 5.76. The maximum absolute atomic E-state index is 13.6. The first kappa shape index (κ1) is 25.8. The normalized spacial score (nSPS) is 11.5. The first-order valence-electron chi connectivity index (χ1n) is 12.0. The number of carbonyl (C=O) groups excluding carboxylic acids is 2. The van der Waals surface area contributed by atoms with Crippen molar-refractivity contribution < 1.29 is 24.2 Å². The number of aromatic nitrogens is 2. The third-order valence-electron chi connectivity index (χ3n) is 6.24. The van der Waals surface area contributed by atoms with E-state index in [0.717, 1.165) is 16.6 Å². The van der Waals surface area contributed by atoms with Gasteiger partial charge in [0.15, 0.2) is 23.9 Å². The molecular weight excluding hydrogens is 470 g/mol. The molecule has 4 aromatic rings. The Balaban J connectivity index is 1.74. The SMILES string of the molecule is COC(=O)COc1cc(C(=O)Cn2c(=N)n(Cc3ccccc3)c3ccccc32)cc(C(C)(C)C)c1O. The summed E-state index contributed by atoms with van der Waals surface area (Å²) in [4.78, 5) is 25.2. The Kier molecular flexibility index (Phi) is 7.20. The number of nitrogens with one attached hydrogen (secondary N) is 1. The molecule has 2 N–H and O–H groups in total. The minimum absolute atomic E-state index is 0.0313. The second-order valence-corrected chi connectivity index (χ2v) is 9.88. The van der Waals surface area contributed by atoms with Gasteiger partial charge in [-0.05, 0) is 35.2 Å². The lowest BCUT2D eigenvalue weighted by Crippen LogP contribution is -2.28. The summed E-state index contributed by atoms with van der Waals surface area (Å²) in [6.07, 6.45) is 0. The molecule has 0 spiro atoms. The highest BCUT2D eigenvalue weighted by Crippen LogP contribution is 2.39. The van der Waals surface area contributed by atoms with E-state index in [-0.39, 0.29) is 29.4 Å². The Morgan fingerprint density at radius 3 is 2.19 bits per heavy atom. The van der Waals surface area contributed by atoms with Gasteiger partial charge in [-0.2, -0.15) is 0 Å². The number of ether oxygens (including phenoxy) is 2. The molecule has 192 valence electrons. The molecule has 0 saturated carbocycles. The highest BCUT2D eigenvalue weighted by molar-refractivity contribution is 5.97. The number of imidazole rings is 1. The quantitative estimate of drug-likeness (QED) is 0.275. The Morgan fingerprint density at radius 1 is 0.946 bits per heavy atom. The fraction of sp³-hybridized carbons (Fsp3) is 0.276. The van der Waals surface area contributed by atoms with E-state index in [1.807, 2.05) is 79.9 Å². The summed E-state index contributed by atoms with van der Waals surface area (Å²) in [5, 5.41) is 19.7. The number of nitrogens with zero attached hydrogens (tertiary/aromatic N) is 2. The summed E-state index contributed by atoms with van der Waals surface area (Å²) < 4.78 is 13.7. The van der Waals surface area contributed by atoms with Gasteiger partial charge in [-0.15, -0.1) is 0 Å². The number of esters is 1. The number of phenolic OH excluding ortho intramolecular Hbond substituents is 1. The fourth-order valence-electron chi connectivity index (χ4n) is 4.26. The van der Waals surface area contributed by atoms with Crippen LogP contribution in [0.5, 0.6) is 11.5 Å². The highest BCUT2D eigenvalue weighted by Gasteiger charge is 2.25. The van der Waals surface area contributed by atoms with Gasteiger partial charge < -0.3 is 23.7 Å². The smallest absolute Gasteiger partial charge is 0.343 e. The molecule has 0 aliphatic heterocycles. The fourth-order valence-corrected chi connectivity index (χ4v) is 4.26. The number of phenols is 1. The number of rotatable bonds is 8. The number of carbonyl (C=O) groups is 2. The van der Waals surface area contributed by atoms with E-state index in [4.69, 9.17) is 10.1 Å². The number of methoxy groups -OCH3 is 1. The molecule has 8 heteroatoms. The van der Waals surface area contributed by atoms with Gasteiger partial charge >= 0.3 is 5.97 Å². The summed E-state index contributed by atoms with van der Waals surface area (Å²) >= 11 is 0. The molecule has 0 bridgehead atoms. The van der Waals surface area contributed by atoms with Gasteiger partial charge in [0.1, 0.15) is 0 Å². The van der Waals surface area contributed by atoms with E-state index in [2.05, 4.69) is 4.74 Å². The molecule has 0 aliphatic carbocycles. The lowest BCUT2D eigenvalue weighted by Gasteiger charge is -2.23. The summed E-state index contributed by atoms with van der Waals surface area (Å²) in [5.41, 5.74) is 3.21. The lowest BCUT2D eigenvalue weighted by atomic mass is 9.84. The number of ketones is 1. The zero-order valence-electron chi connectivity index (χ0n) is 21.4. The third kappa shape index (κ3) is 5.43. The van der Waals surface area contributed by atoms with Crippen LogP contribution in [0.25, 0.3) is 11.0 Å². The highest BCUT2D eigenvalue weighted by atomic mass is 16.6. The number of Topliss-reactive ketones (excluding diaryl/α,β-unsaturated/α-hetero) is 1. The van der Waals surface area contributed by atoms with Crippen molar-refractivity contribution in [2.75, 3.05) is 13.7 Å². The van der Waals surface area contributed by atoms with Crippen molar-refractivity contribution in [2.24, 2.45) is 0 Å². The van der Waals surface area contributed by atoms with Crippen LogP contribution in [0, 0.1) is 5.41 Å². The molecule has 1 aromatic heterocycles. The van der Waals surface area contributed by atoms with E-state index in [0.29, 0.717) is 17.7 Å². The summed E-state index contributed by atoms with van der Waals surface area (Å²) in [7, 11) is 1.25. The Labute approximate surface area is 215 Å². The van der Waals surface area contributed by atoms with E-state index in [1.165, 1.54) is 13.2 Å². The number of aromatic hydroxyl groups is 1. The second kappa shape index (κ2) is 10.3. The van der Waals surface area contributed by atoms with Crippen LogP contribution in [-0.2, 0) is 28.0 Å². The zero-order chi connectivity index (χ0) is 26.7. The van der Waals surface area contributed by atoms with Gasteiger partial charge in [0, 0.05) is 11.1 Å². The van der Waals surface area contributed by atoms with E-state index < -0.39 is 18.0 Å². The topological polar surface area (TPSA) is 107 Å². The molecule has 0 fully saturated rings. The molecule has 0 radical (unpaired) electrons. The number of hydrogen-bond acceptors (Lipinski definition) is 6. The predicted octanol–water partition coefficient (Wildman–Crippen LogP) is 4.41. The zero-order valence-corrected chi connectivity index (χ0v) is 21.4. The Bertz CT molecular complexity index is 1510. The van der Waals surface area contributed by atoms with Crippen molar-refractivity contribution in [1.82, 2.24) is 9.13 Å². The monoisotopic (exact) mass is 501 g/mol. The van der Waals surface area contributed by atoms with Crippen LogP contribution >= 0.6 is 0 Å². The van der Waals surface area contributed by atoms with Crippen molar-refractivity contribution in [2.45, 2.75) is 39.3 Å². The maximum atomic E-state index is 13.6. The van der Waals surface area contributed by atoms with Crippen molar-refractivity contribution in [1.29, 1.82) is 5.41 Å². The molecule has 0 unspecified atom stereocenters. The van der Waals surface area contributed by atoms with Gasteiger partial charge in [0.05, 0.1) is 31.2 Å². The molecule has 0 saturated heterocycles. The molecule has 3 aromatic carbocycles. The number of fused-ring (bicyclic) bond motifs is 1. The van der Waals surface area contributed by atoms with Gasteiger partial charge in [0.25, 0.3) is 0 Å². The Hall–Kier alpha value is -4.33. The van der Waals surface area contributed by atoms with E-state index >= 15 is 0 Å². The van der Waals surface area contributed by atoms with Crippen LogP contribution in [0.15, 0.2) is 66.7 Å². The largest absolute Gasteiger partial charge is 0.504 e. The molecule has 37 heavy (non-hydrogen) atoms. The van der Waals surface area contributed by atoms with Crippen molar-refractivity contribution in [3.8, 4) is 11.5 Å². The van der Waals surface area contributed by atoms with E-state index in [9.17, 15) is 14.7 Å². The Morgan fingerprint density at radius 2 is 1.57 bits per heavy atom. The van der Waals surface area contributed by atoms with Gasteiger partial charge in [-0.3, -0.25) is 10.2 Å². The maximum Gasteiger partial charge on any atom is 0.343 e. The first-order chi connectivity index (χ1) is 17.6. The van der Waals surface area contributed by atoms with Crippen molar-refractivity contribution in [3.05, 3.63) is 89.0 Å². The van der Waals surface area contributed by atoms with Crippen LogP contribution in [-0.4, -0.2) is 39.7 Å². The third-order valence-corrected chi connectivity index (χ3v) is 6.24. The molecule has 0 amide bonds. The number of para-hydroxylation sites is 2. The molecule has 0 atom stereocenters. The lowest BCUT2D eigenvalue weighted by molar-refractivity contribution is -0.142. The summed E-state index contributed by atoms with van der Waals surface area (Å²) in [6, 6.07) is 20.6. The molecule has 4 rings (SSSR count). The molecule has 1 heterocycles. The number of benzene rings is 3. The van der Waals surface area contributed by atoms with Crippen LogP contribution in [0.2, 0.25) is 0 Å². The summed E-state index contributed by atoms with van der Waals surface area (Å²) in [5.74, 6) is -0.950. The van der Waals surface area contributed by atoms with Gasteiger partial charge in [-0.25, -0.2) is 4.79 Å². The predicted molar refractivity (Wildman–Crippen MR) is 140 cm³/mol.